The zero-order valence-corrected chi connectivity index (χ0v) is 8.82. The van der Waals surface area contributed by atoms with Gasteiger partial charge in [-0.3, -0.25) is 0 Å². The van der Waals surface area contributed by atoms with Gasteiger partial charge >= 0.3 is 6.18 Å². The molecule has 86 valence electrons. The maximum atomic E-state index is 12.6. The van der Waals surface area contributed by atoms with Crippen molar-refractivity contribution in [3.05, 3.63) is 0 Å². The van der Waals surface area contributed by atoms with Crippen LogP contribution in [0.5, 0.6) is 0 Å². The van der Waals surface area contributed by atoms with Crippen LogP contribution in [-0.4, -0.2) is 6.18 Å². The van der Waals surface area contributed by atoms with Crippen molar-refractivity contribution in [2.45, 2.75) is 51.1 Å². The topological polar surface area (TPSA) is 0 Å². The van der Waals surface area contributed by atoms with Gasteiger partial charge in [-0.1, -0.05) is 0 Å². The number of alkyl halides is 3. The number of rotatable bonds is 1. The molecule has 0 nitrogen and oxygen atoms in total. The molecule has 4 fully saturated rings. The van der Waals surface area contributed by atoms with Crippen LogP contribution in [0.25, 0.3) is 0 Å². The number of hydrogen-bond acceptors (Lipinski definition) is 0. The molecule has 4 aliphatic rings. The monoisotopic (exact) mass is 218 g/mol. The third-order valence-corrected chi connectivity index (χ3v) is 4.74. The molecule has 0 aromatic heterocycles. The average Bonchev–Trinajstić information content (AvgIpc) is 1.94. The Morgan fingerprint density at radius 1 is 0.867 bits per heavy atom. The molecule has 0 aliphatic heterocycles. The summed E-state index contributed by atoms with van der Waals surface area (Å²) in [5, 5.41) is 0. The summed E-state index contributed by atoms with van der Waals surface area (Å²) < 4.78 is 37.7. The van der Waals surface area contributed by atoms with Crippen molar-refractivity contribution in [3.8, 4) is 0 Å². The second kappa shape index (κ2) is 2.92. The van der Waals surface area contributed by atoms with Crippen molar-refractivity contribution in [1.82, 2.24) is 0 Å². The lowest BCUT2D eigenvalue weighted by Gasteiger charge is -2.57. The fraction of sp³-hybridized carbons (Fsp3) is 1.00. The minimum absolute atomic E-state index is 0.340. The minimum atomic E-state index is -3.95. The first-order valence-electron chi connectivity index (χ1n) is 6.01. The van der Waals surface area contributed by atoms with E-state index in [0.717, 1.165) is 19.3 Å². The van der Waals surface area contributed by atoms with Crippen molar-refractivity contribution in [3.63, 3.8) is 0 Å². The van der Waals surface area contributed by atoms with E-state index in [4.69, 9.17) is 0 Å². The Labute approximate surface area is 88.2 Å². The molecule has 0 unspecified atom stereocenters. The molecular weight excluding hydrogens is 201 g/mol. The maximum Gasteiger partial charge on any atom is 0.389 e. The number of halogens is 3. The Balaban J connectivity index is 1.81. The van der Waals surface area contributed by atoms with Gasteiger partial charge in [0.1, 0.15) is 0 Å². The molecule has 4 saturated carbocycles. The van der Waals surface area contributed by atoms with Gasteiger partial charge in [0.25, 0.3) is 0 Å². The van der Waals surface area contributed by atoms with E-state index in [0.29, 0.717) is 17.8 Å². The predicted molar refractivity (Wildman–Crippen MR) is 51.3 cm³/mol. The van der Waals surface area contributed by atoms with Crippen LogP contribution in [0.4, 0.5) is 13.2 Å². The summed E-state index contributed by atoms with van der Waals surface area (Å²) in [6.07, 6.45) is 1.77. The Kier molecular flexibility index (Phi) is 1.94. The zero-order valence-electron chi connectivity index (χ0n) is 8.82. The first kappa shape index (κ1) is 9.98. The maximum absolute atomic E-state index is 12.6. The van der Waals surface area contributed by atoms with Gasteiger partial charge in [-0.15, -0.1) is 0 Å². The van der Waals surface area contributed by atoms with E-state index in [1.54, 1.807) is 0 Å². The highest BCUT2D eigenvalue weighted by atomic mass is 19.4. The summed E-state index contributed by atoms with van der Waals surface area (Å²) in [6.45, 7) is 0. The fourth-order valence-corrected chi connectivity index (χ4v) is 4.93. The van der Waals surface area contributed by atoms with Crippen molar-refractivity contribution in [2.75, 3.05) is 0 Å². The average molecular weight is 218 g/mol. The molecule has 0 saturated heterocycles. The summed E-state index contributed by atoms with van der Waals surface area (Å²) in [7, 11) is 0. The highest BCUT2D eigenvalue weighted by Gasteiger charge is 2.54. The van der Waals surface area contributed by atoms with Gasteiger partial charge in [-0.25, -0.2) is 0 Å². The Morgan fingerprint density at radius 2 is 1.27 bits per heavy atom. The van der Waals surface area contributed by atoms with Gasteiger partial charge in [0, 0.05) is 6.42 Å². The third-order valence-electron chi connectivity index (χ3n) is 4.74. The van der Waals surface area contributed by atoms with E-state index in [1.165, 1.54) is 19.3 Å². The van der Waals surface area contributed by atoms with Gasteiger partial charge in [0.15, 0.2) is 0 Å². The number of hydrogen-bond donors (Lipinski definition) is 0. The van der Waals surface area contributed by atoms with Gasteiger partial charge < -0.3 is 0 Å². The molecule has 3 heteroatoms. The van der Waals surface area contributed by atoms with E-state index < -0.39 is 12.6 Å². The second-order valence-corrected chi connectivity index (χ2v) is 6.21. The van der Waals surface area contributed by atoms with E-state index in [-0.39, 0.29) is 5.41 Å². The van der Waals surface area contributed by atoms with Gasteiger partial charge in [-0.2, -0.15) is 13.2 Å². The van der Waals surface area contributed by atoms with E-state index >= 15 is 0 Å². The lowest BCUT2D eigenvalue weighted by Crippen LogP contribution is -2.47. The molecule has 0 N–H and O–H groups in total. The smallest absolute Gasteiger partial charge is 0.171 e. The van der Waals surface area contributed by atoms with Crippen LogP contribution in [0, 0.1) is 23.2 Å². The van der Waals surface area contributed by atoms with Crippen LogP contribution in [0.3, 0.4) is 0 Å². The molecule has 0 heterocycles. The predicted octanol–water partition coefficient (Wildman–Crippen LogP) is 4.16. The molecular formula is C12H17F3. The first-order valence-corrected chi connectivity index (χ1v) is 6.01. The second-order valence-electron chi connectivity index (χ2n) is 6.21. The third kappa shape index (κ3) is 1.78. The van der Waals surface area contributed by atoms with Gasteiger partial charge in [-0.05, 0) is 61.7 Å². The standard InChI is InChI=1S/C12H17F3/c13-12(14,15)7-11-4-8-1-9(5-11)3-10(2-8)6-11/h8-10H,1-7H2. The molecule has 0 spiro atoms. The first-order chi connectivity index (χ1) is 6.94. The largest absolute Gasteiger partial charge is 0.389 e. The molecule has 0 amide bonds. The lowest BCUT2D eigenvalue weighted by atomic mass is 9.49. The summed E-state index contributed by atoms with van der Waals surface area (Å²) in [6, 6.07) is 0. The van der Waals surface area contributed by atoms with Crippen molar-refractivity contribution >= 4 is 0 Å². The Morgan fingerprint density at radius 3 is 1.60 bits per heavy atom. The highest BCUT2D eigenvalue weighted by molar-refractivity contribution is 5.01. The summed E-state index contributed by atoms with van der Waals surface area (Å²) >= 11 is 0. The molecule has 0 atom stereocenters. The highest BCUT2D eigenvalue weighted by Crippen LogP contribution is 2.62. The van der Waals surface area contributed by atoms with Crippen molar-refractivity contribution in [2.24, 2.45) is 23.2 Å². The summed E-state index contributed by atoms with van der Waals surface area (Å²) in [5.41, 5.74) is -0.340. The molecule has 4 bridgehead atoms. The summed E-state index contributed by atoms with van der Waals surface area (Å²) in [5.74, 6) is 1.87. The van der Waals surface area contributed by atoms with Crippen LogP contribution in [0.2, 0.25) is 0 Å². The van der Waals surface area contributed by atoms with E-state index in [9.17, 15) is 13.2 Å². The van der Waals surface area contributed by atoms with E-state index in [1.807, 2.05) is 0 Å². The molecule has 0 aromatic rings. The Bertz CT molecular complexity index is 231. The normalized spacial score (nSPS) is 48.6. The van der Waals surface area contributed by atoms with Crippen LogP contribution in [-0.2, 0) is 0 Å². The van der Waals surface area contributed by atoms with Gasteiger partial charge in [0.2, 0.25) is 0 Å². The quantitative estimate of drug-likeness (QED) is 0.620. The van der Waals surface area contributed by atoms with Gasteiger partial charge in [0.05, 0.1) is 0 Å². The van der Waals surface area contributed by atoms with Crippen LogP contribution >= 0.6 is 0 Å². The van der Waals surface area contributed by atoms with E-state index in [2.05, 4.69) is 0 Å². The molecule has 15 heavy (non-hydrogen) atoms. The zero-order chi connectivity index (χ0) is 10.7. The fourth-order valence-electron chi connectivity index (χ4n) is 4.93. The molecule has 0 radical (unpaired) electrons. The van der Waals surface area contributed by atoms with Crippen molar-refractivity contribution < 1.29 is 13.2 Å². The van der Waals surface area contributed by atoms with Crippen molar-refractivity contribution in [1.29, 1.82) is 0 Å². The van der Waals surface area contributed by atoms with Crippen LogP contribution < -0.4 is 0 Å². The molecule has 0 aromatic carbocycles. The molecule has 4 rings (SSSR count). The lowest BCUT2D eigenvalue weighted by molar-refractivity contribution is -0.186. The van der Waals surface area contributed by atoms with Crippen LogP contribution in [0.15, 0.2) is 0 Å². The molecule has 4 aliphatic carbocycles. The summed E-state index contributed by atoms with van der Waals surface area (Å²) in [4.78, 5) is 0. The Hall–Kier alpha value is -0.210. The SMILES string of the molecule is FC(F)(F)CC12CC3CC(CC(C3)C1)C2. The minimum Gasteiger partial charge on any atom is -0.171 e. The van der Waals surface area contributed by atoms with Crippen LogP contribution in [0.1, 0.15) is 44.9 Å².